The number of methoxy groups -OCH3 is 1. The van der Waals surface area contributed by atoms with E-state index in [9.17, 15) is 14.4 Å². The Hall–Kier alpha value is -1.83. The Morgan fingerprint density at radius 1 is 1.28 bits per heavy atom. The quantitative estimate of drug-likeness (QED) is 0.523. The van der Waals surface area contributed by atoms with Gasteiger partial charge in [-0.15, -0.1) is 0 Å². The van der Waals surface area contributed by atoms with E-state index in [1.165, 1.54) is 12.0 Å². The van der Waals surface area contributed by atoms with Crippen LogP contribution in [0.3, 0.4) is 0 Å². The number of hydrogen-bond acceptors (Lipinski definition) is 6. The molecule has 0 aromatic carbocycles. The molecule has 0 aromatic heterocycles. The Labute approximate surface area is 149 Å². The fourth-order valence-corrected chi connectivity index (χ4v) is 2.73. The van der Waals surface area contributed by atoms with Crippen molar-refractivity contribution in [2.24, 2.45) is 5.73 Å². The van der Waals surface area contributed by atoms with E-state index in [2.05, 4.69) is 5.32 Å². The first kappa shape index (κ1) is 21.2. The summed E-state index contributed by atoms with van der Waals surface area (Å²) in [6, 6.07) is -1.36. The molecule has 1 aliphatic heterocycles. The molecule has 0 aliphatic carbocycles. The molecule has 8 heteroatoms. The summed E-state index contributed by atoms with van der Waals surface area (Å²) >= 11 is 0. The zero-order valence-electron chi connectivity index (χ0n) is 15.7. The molecule has 144 valence electrons. The van der Waals surface area contributed by atoms with E-state index < -0.39 is 29.7 Å². The maximum atomic E-state index is 12.6. The number of esters is 1. The van der Waals surface area contributed by atoms with Crippen LogP contribution < -0.4 is 11.1 Å². The van der Waals surface area contributed by atoms with E-state index in [0.29, 0.717) is 38.8 Å². The highest BCUT2D eigenvalue weighted by Crippen LogP contribution is 2.21. The third-order valence-corrected chi connectivity index (χ3v) is 3.93. The summed E-state index contributed by atoms with van der Waals surface area (Å²) in [5.41, 5.74) is 4.84. The van der Waals surface area contributed by atoms with Gasteiger partial charge in [0.05, 0.1) is 7.11 Å². The summed E-state index contributed by atoms with van der Waals surface area (Å²) in [6.07, 6.45) is 2.67. The molecule has 2 amide bonds. The Morgan fingerprint density at radius 2 is 1.96 bits per heavy atom. The van der Waals surface area contributed by atoms with Crippen molar-refractivity contribution in [3.63, 3.8) is 0 Å². The minimum atomic E-state index is -0.731. The fourth-order valence-electron chi connectivity index (χ4n) is 2.73. The van der Waals surface area contributed by atoms with Crippen molar-refractivity contribution in [3.05, 3.63) is 0 Å². The second-order valence-electron chi connectivity index (χ2n) is 7.20. The first-order chi connectivity index (χ1) is 11.7. The Bertz CT molecular complexity index is 475. The van der Waals surface area contributed by atoms with Crippen LogP contribution in [0.15, 0.2) is 0 Å². The second-order valence-corrected chi connectivity index (χ2v) is 7.20. The third kappa shape index (κ3) is 6.89. The van der Waals surface area contributed by atoms with Crippen LogP contribution >= 0.6 is 0 Å². The number of nitrogens with two attached hydrogens (primary N) is 1. The zero-order chi connectivity index (χ0) is 19.0. The lowest BCUT2D eigenvalue weighted by Crippen LogP contribution is -2.51. The number of likely N-dealkylation sites (tertiary alicyclic amines) is 1. The van der Waals surface area contributed by atoms with Crippen LogP contribution in [0.25, 0.3) is 0 Å². The number of ether oxygens (including phenoxy) is 2. The number of amides is 2. The maximum Gasteiger partial charge on any atom is 0.410 e. The molecule has 0 spiro atoms. The van der Waals surface area contributed by atoms with Crippen molar-refractivity contribution in [3.8, 4) is 0 Å². The fraction of sp³-hybridized carbons (Fsp3) is 0.824. The third-order valence-electron chi connectivity index (χ3n) is 3.93. The van der Waals surface area contributed by atoms with Crippen molar-refractivity contribution in [2.75, 3.05) is 20.2 Å². The summed E-state index contributed by atoms with van der Waals surface area (Å²) < 4.78 is 10.1. The molecule has 3 N–H and O–H groups in total. The van der Waals surface area contributed by atoms with Gasteiger partial charge in [0.25, 0.3) is 0 Å². The molecule has 0 bridgehead atoms. The van der Waals surface area contributed by atoms with Crippen LogP contribution in [-0.2, 0) is 19.1 Å². The molecule has 1 fully saturated rings. The van der Waals surface area contributed by atoms with Crippen molar-refractivity contribution in [2.45, 2.75) is 70.6 Å². The van der Waals surface area contributed by atoms with Crippen LogP contribution in [0.4, 0.5) is 4.79 Å². The van der Waals surface area contributed by atoms with Gasteiger partial charge >= 0.3 is 12.1 Å². The van der Waals surface area contributed by atoms with E-state index in [1.54, 1.807) is 20.8 Å². The number of nitrogens with zero attached hydrogens (tertiary/aromatic N) is 1. The van der Waals surface area contributed by atoms with Crippen LogP contribution in [-0.4, -0.2) is 60.8 Å². The number of rotatable bonds is 7. The van der Waals surface area contributed by atoms with Crippen LogP contribution in [0.1, 0.15) is 52.9 Å². The minimum Gasteiger partial charge on any atom is -0.467 e. The Balaban J connectivity index is 2.71. The number of carbonyl (C=O) groups is 3. The predicted molar refractivity (Wildman–Crippen MR) is 92.8 cm³/mol. The Kier molecular flexibility index (Phi) is 8.15. The van der Waals surface area contributed by atoms with Gasteiger partial charge in [0.15, 0.2) is 0 Å². The largest absolute Gasteiger partial charge is 0.467 e. The topological polar surface area (TPSA) is 111 Å². The number of nitrogens with one attached hydrogen (secondary N) is 1. The molecule has 2 atom stereocenters. The number of unbranched alkanes of at least 4 members (excludes halogenated alkanes) is 1. The average Bonchev–Trinajstić information content (AvgIpc) is 3.01. The van der Waals surface area contributed by atoms with Gasteiger partial charge in [-0.05, 0) is 59.4 Å². The van der Waals surface area contributed by atoms with Gasteiger partial charge in [-0.3, -0.25) is 9.69 Å². The molecule has 0 aromatic rings. The molecule has 0 saturated carbocycles. The van der Waals surface area contributed by atoms with Gasteiger partial charge in [0, 0.05) is 6.54 Å². The summed E-state index contributed by atoms with van der Waals surface area (Å²) in [5, 5.41) is 2.71. The summed E-state index contributed by atoms with van der Waals surface area (Å²) in [5.74, 6) is -0.848. The Morgan fingerprint density at radius 3 is 2.52 bits per heavy atom. The van der Waals surface area contributed by atoms with Gasteiger partial charge < -0.3 is 20.5 Å². The molecule has 0 radical (unpaired) electrons. The monoisotopic (exact) mass is 357 g/mol. The van der Waals surface area contributed by atoms with Crippen LogP contribution in [0, 0.1) is 0 Å². The van der Waals surface area contributed by atoms with E-state index in [0.717, 1.165) is 6.42 Å². The molecular weight excluding hydrogens is 326 g/mol. The zero-order valence-corrected chi connectivity index (χ0v) is 15.7. The van der Waals surface area contributed by atoms with Crippen LogP contribution in [0.5, 0.6) is 0 Å². The number of hydrogen-bond donors (Lipinski definition) is 2. The first-order valence-corrected chi connectivity index (χ1v) is 8.77. The normalized spacial score (nSPS) is 18.6. The van der Waals surface area contributed by atoms with Gasteiger partial charge in [0.1, 0.15) is 17.7 Å². The van der Waals surface area contributed by atoms with Crippen molar-refractivity contribution >= 4 is 18.0 Å². The summed E-state index contributed by atoms with van der Waals surface area (Å²) in [6.45, 7) is 6.32. The molecular formula is C17H31N3O5. The van der Waals surface area contributed by atoms with E-state index in [-0.39, 0.29) is 5.91 Å². The highest BCUT2D eigenvalue weighted by molar-refractivity contribution is 5.90. The van der Waals surface area contributed by atoms with Crippen molar-refractivity contribution in [1.29, 1.82) is 0 Å². The first-order valence-electron chi connectivity index (χ1n) is 8.77. The molecule has 0 unspecified atom stereocenters. The smallest absolute Gasteiger partial charge is 0.410 e. The van der Waals surface area contributed by atoms with Gasteiger partial charge in [-0.1, -0.05) is 0 Å². The van der Waals surface area contributed by atoms with E-state index >= 15 is 0 Å². The highest BCUT2D eigenvalue weighted by atomic mass is 16.6. The highest BCUT2D eigenvalue weighted by Gasteiger charge is 2.37. The predicted octanol–water partition coefficient (Wildman–Crippen LogP) is 1.17. The van der Waals surface area contributed by atoms with Gasteiger partial charge in [-0.25, -0.2) is 9.59 Å². The van der Waals surface area contributed by atoms with Crippen LogP contribution in [0.2, 0.25) is 0 Å². The maximum absolute atomic E-state index is 12.6. The second kappa shape index (κ2) is 9.60. The minimum absolute atomic E-state index is 0.355. The van der Waals surface area contributed by atoms with Gasteiger partial charge in [0.2, 0.25) is 5.91 Å². The van der Waals surface area contributed by atoms with Crippen molar-refractivity contribution < 1.29 is 23.9 Å². The average molecular weight is 357 g/mol. The lowest BCUT2D eigenvalue weighted by molar-refractivity contribution is -0.145. The molecule has 1 heterocycles. The number of carbonyl (C=O) groups excluding carboxylic acids is 3. The summed E-state index contributed by atoms with van der Waals surface area (Å²) in [4.78, 5) is 38.2. The standard InChI is InChI=1S/C17H31N3O5/c1-17(2,3)25-16(23)20-11-7-9-13(20)14(21)19-12(15(22)24-4)8-5-6-10-18/h12-13H,5-11,18H2,1-4H3,(H,19,21)/t12-,13-/m0/s1. The van der Waals surface area contributed by atoms with Gasteiger partial charge in [-0.2, -0.15) is 0 Å². The molecule has 1 rings (SSSR count). The molecule has 1 aliphatic rings. The van der Waals surface area contributed by atoms with E-state index in [4.69, 9.17) is 15.2 Å². The van der Waals surface area contributed by atoms with E-state index in [1.807, 2.05) is 0 Å². The summed E-state index contributed by atoms with van der Waals surface area (Å²) in [7, 11) is 1.28. The molecule has 1 saturated heterocycles. The SMILES string of the molecule is COC(=O)[C@H](CCCCN)NC(=O)[C@@H]1CCCN1C(=O)OC(C)(C)C. The lowest BCUT2D eigenvalue weighted by Gasteiger charge is -2.28. The molecule has 25 heavy (non-hydrogen) atoms. The van der Waals surface area contributed by atoms with Crippen molar-refractivity contribution in [1.82, 2.24) is 10.2 Å². The lowest BCUT2D eigenvalue weighted by atomic mass is 10.1. The molecule has 8 nitrogen and oxygen atoms in total.